The van der Waals surface area contributed by atoms with Crippen molar-refractivity contribution in [3.63, 3.8) is 0 Å². The number of nitrogens with one attached hydrogen (secondary N) is 1. The molecular formula is C13H18N2O4. The molecule has 0 aromatic carbocycles. The minimum absolute atomic E-state index is 0.0562. The topological polar surface area (TPSA) is 69.7 Å². The standard InChI is InChI=1S/C13H18N2O4/c1-17-9-3-5-14-11(7-9)13(16)15-10-4-6-19-8-12(10)18-2/h3,5,7,10,12H,4,6,8H2,1-2H3,(H,15,16)/t10-,12-/m1/s1. The van der Waals surface area contributed by atoms with Gasteiger partial charge in [-0.2, -0.15) is 0 Å². The molecule has 1 N–H and O–H groups in total. The van der Waals surface area contributed by atoms with Crippen molar-refractivity contribution < 1.29 is 19.0 Å². The first-order valence-electron chi connectivity index (χ1n) is 6.16. The highest BCUT2D eigenvalue weighted by molar-refractivity contribution is 5.92. The van der Waals surface area contributed by atoms with Gasteiger partial charge in [-0.3, -0.25) is 9.78 Å². The Labute approximate surface area is 112 Å². The number of carbonyl (C=O) groups excluding carboxylic acids is 1. The third-order valence-electron chi connectivity index (χ3n) is 3.12. The average molecular weight is 266 g/mol. The molecule has 104 valence electrons. The molecule has 1 saturated heterocycles. The van der Waals surface area contributed by atoms with Crippen molar-refractivity contribution in [2.24, 2.45) is 0 Å². The number of hydrogen-bond acceptors (Lipinski definition) is 5. The van der Waals surface area contributed by atoms with Gasteiger partial charge in [0.05, 0.1) is 19.8 Å². The summed E-state index contributed by atoms with van der Waals surface area (Å²) in [6.45, 7) is 1.11. The molecule has 6 heteroatoms. The van der Waals surface area contributed by atoms with Crippen LogP contribution >= 0.6 is 0 Å². The van der Waals surface area contributed by atoms with Crippen molar-refractivity contribution in [1.29, 1.82) is 0 Å². The quantitative estimate of drug-likeness (QED) is 0.865. The molecule has 0 radical (unpaired) electrons. The highest BCUT2D eigenvalue weighted by Crippen LogP contribution is 2.13. The van der Waals surface area contributed by atoms with Crippen LogP contribution in [0.4, 0.5) is 0 Å². The van der Waals surface area contributed by atoms with Crippen molar-refractivity contribution in [3.05, 3.63) is 24.0 Å². The lowest BCUT2D eigenvalue weighted by Crippen LogP contribution is -2.49. The number of hydrogen-bond donors (Lipinski definition) is 1. The van der Waals surface area contributed by atoms with Crippen molar-refractivity contribution in [3.8, 4) is 5.75 Å². The van der Waals surface area contributed by atoms with Crippen molar-refractivity contribution >= 4 is 5.91 Å². The van der Waals surface area contributed by atoms with Gasteiger partial charge in [-0.15, -0.1) is 0 Å². The Kier molecular flexibility index (Phi) is 4.70. The zero-order valence-electron chi connectivity index (χ0n) is 11.1. The van der Waals surface area contributed by atoms with Crippen LogP contribution in [0.2, 0.25) is 0 Å². The Hall–Kier alpha value is -1.66. The minimum Gasteiger partial charge on any atom is -0.497 e. The molecule has 2 rings (SSSR count). The number of carbonyl (C=O) groups is 1. The van der Waals surface area contributed by atoms with E-state index in [-0.39, 0.29) is 18.1 Å². The van der Waals surface area contributed by atoms with E-state index in [4.69, 9.17) is 14.2 Å². The first kappa shape index (κ1) is 13.8. The third-order valence-corrected chi connectivity index (χ3v) is 3.12. The molecular weight excluding hydrogens is 248 g/mol. The summed E-state index contributed by atoms with van der Waals surface area (Å²) in [5.41, 5.74) is 0.334. The second-order valence-corrected chi connectivity index (χ2v) is 4.30. The van der Waals surface area contributed by atoms with E-state index < -0.39 is 0 Å². The summed E-state index contributed by atoms with van der Waals surface area (Å²) >= 11 is 0. The minimum atomic E-state index is -0.229. The number of methoxy groups -OCH3 is 2. The normalized spacial score (nSPS) is 22.8. The maximum absolute atomic E-state index is 12.1. The molecule has 1 aromatic rings. The number of amides is 1. The van der Waals surface area contributed by atoms with Crippen LogP contribution < -0.4 is 10.1 Å². The van der Waals surface area contributed by atoms with Crippen LogP contribution in [0, 0.1) is 0 Å². The first-order valence-corrected chi connectivity index (χ1v) is 6.16. The highest BCUT2D eigenvalue weighted by atomic mass is 16.5. The molecule has 1 aromatic heterocycles. The molecule has 19 heavy (non-hydrogen) atoms. The molecule has 0 unspecified atom stereocenters. The molecule has 1 fully saturated rings. The Morgan fingerprint density at radius 2 is 2.37 bits per heavy atom. The van der Waals surface area contributed by atoms with Gasteiger partial charge in [0, 0.05) is 26.0 Å². The van der Waals surface area contributed by atoms with Crippen LogP contribution in [-0.2, 0) is 9.47 Å². The van der Waals surface area contributed by atoms with Crippen molar-refractivity contribution in [2.75, 3.05) is 27.4 Å². The van der Waals surface area contributed by atoms with Crippen LogP contribution in [-0.4, -0.2) is 50.5 Å². The summed E-state index contributed by atoms with van der Waals surface area (Å²) in [7, 11) is 3.17. The average Bonchev–Trinajstić information content (AvgIpc) is 2.47. The Morgan fingerprint density at radius 1 is 1.53 bits per heavy atom. The fourth-order valence-corrected chi connectivity index (χ4v) is 2.01. The lowest BCUT2D eigenvalue weighted by molar-refractivity contribution is -0.0479. The molecule has 1 aliphatic rings. The van der Waals surface area contributed by atoms with Crippen molar-refractivity contribution in [2.45, 2.75) is 18.6 Å². The Morgan fingerprint density at radius 3 is 3.11 bits per heavy atom. The Balaban J connectivity index is 2.02. The molecule has 6 nitrogen and oxygen atoms in total. The molecule has 0 bridgehead atoms. The molecule has 0 spiro atoms. The summed E-state index contributed by atoms with van der Waals surface area (Å²) < 4.78 is 15.7. The number of aromatic nitrogens is 1. The first-order chi connectivity index (χ1) is 9.24. The maximum Gasteiger partial charge on any atom is 0.270 e. The zero-order chi connectivity index (χ0) is 13.7. The van der Waals surface area contributed by atoms with E-state index in [2.05, 4.69) is 10.3 Å². The monoisotopic (exact) mass is 266 g/mol. The van der Waals surface area contributed by atoms with Gasteiger partial charge in [0.15, 0.2) is 0 Å². The SMILES string of the molecule is COc1ccnc(C(=O)N[C@@H]2CCOC[C@H]2OC)c1. The Bertz CT molecular complexity index is 438. The molecule has 0 aliphatic carbocycles. The predicted octanol–water partition coefficient (Wildman–Crippen LogP) is 0.624. The van der Waals surface area contributed by atoms with Gasteiger partial charge in [-0.05, 0) is 12.5 Å². The van der Waals surface area contributed by atoms with E-state index in [0.29, 0.717) is 24.7 Å². The van der Waals surface area contributed by atoms with E-state index in [1.165, 1.54) is 0 Å². The predicted molar refractivity (Wildman–Crippen MR) is 68.3 cm³/mol. The number of rotatable bonds is 4. The van der Waals surface area contributed by atoms with E-state index in [1.54, 1.807) is 32.5 Å². The van der Waals surface area contributed by atoms with Crippen LogP contribution in [0.25, 0.3) is 0 Å². The number of nitrogens with zero attached hydrogens (tertiary/aromatic N) is 1. The zero-order valence-corrected chi connectivity index (χ0v) is 11.1. The molecule has 2 heterocycles. The van der Waals surface area contributed by atoms with E-state index in [0.717, 1.165) is 6.42 Å². The second kappa shape index (κ2) is 6.49. The van der Waals surface area contributed by atoms with Crippen LogP contribution in [0.5, 0.6) is 5.75 Å². The van der Waals surface area contributed by atoms with E-state index >= 15 is 0 Å². The lowest BCUT2D eigenvalue weighted by Gasteiger charge is -2.30. The summed E-state index contributed by atoms with van der Waals surface area (Å²) in [5.74, 6) is 0.378. The van der Waals surface area contributed by atoms with Gasteiger partial charge in [0.2, 0.25) is 0 Å². The lowest BCUT2D eigenvalue weighted by atomic mass is 10.1. The van der Waals surface area contributed by atoms with E-state index in [9.17, 15) is 4.79 Å². The van der Waals surface area contributed by atoms with Gasteiger partial charge in [-0.1, -0.05) is 0 Å². The maximum atomic E-state index is 12.1. The number of pyridine rings is 1. The second-order valence-electron chi connectivity index (χ2n) is 4.30. The smallest absolute Gasteiger partial charge is 0.270 e. The van der Waals surface area contributed by atoms with E-state index in [1.807, 2.05) is 0 Å². The van der Waals surface area contributed by atoms with Gasteiger partial charge >= 0.3 is 0 Å². The third kappa shape index (κ3) is 3.42. The van der Waals surface area contributed by atoms with Gasteiger partial charge in [0.25, 0.3) is 5.91 Å². The fourth-order valence-electron chi connectivity index (χ4n) is 2.01. The number of ether oxygens (including phenoxy) is 3. The summed E-state index contributed by atoms with van der Waals surface area (Å²) in [5, 5.41) is 2.93. The summed E-state index contributed by atoms with van der Waals surface area (Å²) in [6.07, 6.45) is 2.16. The molecule has 1 aliphatic heterocycles. The molecule has 2 atom stereocenters. The summed E-state index contributed by atoms with van der Waals surface area (Å²) in [4.78, 5) is 16.2. The fraction of sp³-hybridized carbons (Fsp3) is 0.538. The molecule has 1 amide bonds. The van der Waals surface area contributed by atoms with Gasteiger partial charge < -0.3 is 19.5 Å². The van der Waals surface area contributed by atoms with Gasteiger partial charge in [0.1, 0.15) is 17.5 Å². The largest absolute Gasteiger partial charge is 0.497 e. The van der Waals surface area contributed by atoms with Crippen LogP contribution in [0.1, 0.15) is 16.9 Å². The van der Waals surface area contributed by atoms with Crippen LogP contribution in [0.15, 0.2) is 18.3 Å². The summed E-state index contributed by atoms with van der Waals surface area (Å²) in [6, 6.07) is 3.25. The highest BCUT2D eigenvalue weighted by Gasteiger charge is 2.27. The van der Waals surface area contributed by atoms with Gasteiger partial charge in [-0.25, -0.2) is 0 Å². The molecule has 0 saturated carbocycles. The van der Waals surface area contributed by atoms with Crippen LogP contribution in [0.3, 0.4) is 0 Å². The van der Waals surface area contributed by atoms with Crippen molar-refractivity contribution in [1.82, 2.24) is 10.3 Å².